The van der Waals surface area contributed by atoms with Crippen LogP contribution < -0.4 is 15.5 Å². The Hall–Kier alpha value is -1.93. The molecule has 2 N–H and O–H groups in total. The summed E-state index contributed by atoms with van der Waals surface area (Å²) < 4.78 is 1.92. The zero-order chi connectivity index (χ0) is 17.9. The minimum atomic E-state index is 0.00791. The molecule has 2 fully saturated rings. The smallest absolute Gasteiger partial charge is 0.220 e. The van der Waals surface area contributed by atoms with Crippen LogP contribution in [0.5, 0.6) is 0 Å². The van der Waals surface area contributed by atoms with E-state index in [0.29, 0.717) is 12.5 Å². The van der Waals surface area contributed by atoms with Gasteiger partial charge >= 0.3 is 0 Å². The molecule has 8 heteroatoms. The normalized spacial score (nSPS) is 24.7. The van der Waals surface area contributed by atoms with E-state index in [1.54, 1.807) is 11.3 Å². The van der Waals surface area contributed by atoms with Crippen molar-refractivity contribution in [1.29, 1.82) is 0 Å². The topological polar surface area (TPSA) is 75.1 Å². The van der Waals surface area contributed by atoms with Gasteiger partial charge in [0.2, 0.25) is 5.91 Å². The van der Waals surface area contributed by atoms with Crippen molar-refractivity contribution < 1.29 is 4.79 Å². The minimum Gasteiger partial charge on any atom is -0.348 e. The summed E-state index contributed by atoms with van der Waals surface area (Å²) in [6.45, 7) is 4.97. The lowest BCUT2D eigenvalue weighted by molar-refractivity contribution is -0.124. The molecule has 0 spiro atoms. The molecule has 0 unspecified atom stereocenters. The zero-order valence-corrected chi connectivity index (χ0v) is 15.9. The predicted octanol–water partition coefficient (Wildman–Crippen LogP) is 1.94. The molecule has 2 aromatic heterocycles. The molecule has 2 aromatic rings. The summed E-state index contributed by atoms with van der Waals surface area (Å²) in [5, 5.41) is 14.5. The van der Waals surface area contributed by atoms with Crippen molar-refractivity contribution in [2.75, 3.05) is 18.0 Å². The average Bonchev–Trinajstić information content (AvgIpc) is 3.35. The molecule has 140 valence electrons. The summed E-state index contributed by atoms with van der Waals surface area (Å²) in [4.78, 5) is 18.7. The van der Waals surface area contributed by atoms with Crippen LogP contribution in [-0.4, -0.2) is 45.8 Å². The number of hydrogen-bond donors (Lipinski definition) is 2. The van der Waals surface area contributed by atoms with E-state index < -0.39 is 0 Å². The first-order chi connectivity index (χ1) is 12.7. The highest BCUT2D eigenvalue weighted by atomic mass is 32.1. The highest BCUT2D eigenvalue weighted by molar-refractivity contribution is 7.13. The molecule has 2 atom stereocenters. The quantitative estimate of drug-likeness (QED) is 0.837. The number of aromatic nitrogens is 3. The Morgan fingerprint density at radius 3 is 2.88 bits per heavy atom. The molecule has 7 nitrogen and oxygen atoms in total. The summed E-state index contributed by atoms with van der Waals surface area (Å²) >= 11 is 1.71. The minimum absolute atomic E-state index is 0.00791. The Balaban J connectivity index is 1.38. The fraction of sp³-hybridized carbons (Fsp3) is 0.611. The van der Waals surface area contributed by atoms with E-state index in [2.05, 4.69) is 38.7 Å². The van der Waals surface area contributed by atoms with E-state index in [4.69, 9.17) is 0 Å². The van der Waals surface area contributed by atoms with Crippen LogP contribution in [0.25, 0.3) is 0 Å². The van der Waals surface area contributed by atoms with Crippen molar-refractivity contribution >= 4 is 22.4 Å². The third kappa shape index (κ3) is 3.76. The average molecular weight is 375 g/mol. The maximum absolute atomic E-state index is 12.0. The van der Waals surface area contributed by atoms with Crippen LogP contribution in [-0.2, 0) is 11.3 Å². The van der Waals surface area contributed by atoms with E-state index in [1.165, 1.54) is 0 Å². The molecule has 1 amide bonds. The van der Waals surface area contributed by atoms with Crippen LogP contribution >= 0.6 is 11.3 Å². The number of nitrogens with zero attached hydrogens (tertiary/aromatic N) is 4. The number of piperidine rings is 2. The van der Waals surface area contributed by atoms with Gasteiger partial charge in [-0.3, -0.25) is 9.48 Å². The Morgan fingerprint density at radius 2 is 2.19 bits per heavy atom. The predicted molar refractivity (Wildman–Crippen MR) is 102 cm³/mol. The first kappa shape index (κ1) is 17.5. The number of aryl methyl sites for hydroxylation is 1. The summed E-state index contributed by atoms with van der Waals surface area (Å²) in [5.74, 6) is 0.135. The van der Waals surface area contributed by atoms with E-state index in [-0.39, 0.29) is 18.0 Å². The maximum atomic E-state index is 12.0. The highest BCUT2D eigenvalue weighted by Gasteiger charge is 2.33. The lowest BCUT2D eigenvalue weighted by Gasteiger charge is -2.38. The van der Waals surface area contributed by atoms with Crippen LogP contribution in [0.4, 0.5) is 5.13 Å². The SMILES string of the molecule is CCn1cc([C@@H]2NC(=O)CC[C@H]2NC2CCN(c3nccs3)CC2)cn1. The number of thiazole rings is 1. The van der Waals surface area contributed by atoms with Gasteiger partial charge in [0, 0.05) is 61.5 Å². The fourth-order valence-corrected chi connectivity index (χ4v) is 4.62. The van der Waals surface area contributed by atoms with Crippen molar-refractivity contribution in [2.45, 2.75) is 57.3 Å². The van der Waals surface area contributed by atoms with Gasteiger partial charge in [0.05, 0.1) is 12.2 Å². The van der Waals surface area contributed by atoms with Crippen LogP contribution in [0.15, 0.2) is 24.0 Å². The first-order valence-electron chi connectivity index (χ1n) is 9.45. The van der Waals surface area contributed by atoms with E-state index >= 15 is 0 Å². The molecular weight excluding hydrogens is 348 g/mol. The van der Waals surface area contributed by atoms with Crippen LogP contribution in [0, 0.1) is 0 Å². The second-order valence-corrected chi connectivity index (χ2v) is 7.94. The summed E-state index contributed by atoms with van der Waals surface area (Å²) in [6, 6.07) is 0.752. The molecule has 2 aliphatic heterocycles. The third-order valence-electron chi connectivity index (χ3n) is 5.37. The molecule has 26 heavy (non-hydrogen) atoms. The number of rotatable bonds is 5. The van der Waals surface area contributed by atoms with Gasteiger partial charge in [-0.05, 0) is 26.2 Å². The number of carbonyl (C=O) groups excluding carboxylic acids is 1. The van der Waals surface area contributed by atoms with Crippen molar-refractivity contribution in [3.63, 3.8) is 0 Å². The van der Waals surface area contributed by atoms with Gasteiger partial charge in [-0.2, -0.15) is 5.10 Å². The lowest BCUT2D eigenvalue weighted by Crippen LogP contribution is -2.53. The molecule has 0 saturated carbocycles. The molecular formula is C18H26N6OS. The van der Waals surface area contributed by atoms with Gasteiger partial charge in [0.1, 0.15) is 0 Å². The van der Waals surface area contributed by atoms with Crippen molar-refractivity contribution in [1.82, 2.24) is 25.4 Å². The van der Waals surface area contributed by atoms with Crippen LogP contribution in [0.2, 0.25) is 0 Å². The molecule has 0 radical (unpaired) electrons. The van der Waals surface area contributed by atoms with Gasteiger partial charge in [-0.25, -0.2) is 4.98 Å². The van der Waals surface area contributed by atoms with Gasteiger partial charge in [0.15, 0.2) is 5.13 Å². The van der Waals surface area contributed by atoms with E-state index in [0.717, 1.165) is 49.6 Å². The van der Waals surface area contributed by atoms with E-state index in [9.17, 15) is 4.79 Å². The standard InChI is InChI=1S/C18H26N6OS/c1-2-24-12-13(11-20-24)17-15(3-4-16(25)22-17)21-14-5-8-23(9-6-14)18-19-7-10-26-18/h7,10-12,14-15,17,21H,2-6,8-9H2,1H3,(H,22,25)/t15-,17+/m1/s1. The first-order valence-corrected chi connectivity index (χ1v) is 10.3. The summed E-state index contributed by atoms with van der Waals surface area (Å²) in [7, 11) is 0. The Morgan fingerprint density at radius 1 is 1.35 bits per heavy atom. The number of anilines is 1. The van der Waals surface area contributed by atoms with E-state index in [1.807, 2.05) is 22.5 Å². The Kier molecular flexibility index (Phi) is 5.21. The number of nitrogens with one attached hydrogen (secondary N) is 2. The number of amides is 1. The van der Waals surface area contributed by atoms with Gasteiger partial charge in [0.25, 0.3) is 0 Å². The molecule has 0 bridgehead atoms. The highest BCUT2D eigenvalue weighted by Crippen LogP contribution is 2.27. The van der Waals surface area contributed by atoms with Gasteiger partial charge in [-0.1, -0.05) is 0 Å². The fourth-order valence-electron chi connectivity index (χ4n) is 3.92. The largest absolute Gasteiger partial charge is 0.348 e. The maximum Gasteiger partial charge on any atom is 0.220 e. The molecule has 0 aromatic carbocycles. The second kappa shape index (κ2) is 7.75. The zero-order valence-electron chi connectivity index (χ0n) is 15.1. The van der Waals surface area contributed by atoms with Gasteiger partial charge < -0.3 is 15.5 Å². The Labute approximate surface area is 157 Å². The van der Waals surface area contributed by atoms with Crippen molar-refractivity contribution in [3.05, 3.63) is 29.5 Å². The number of hydrogen-bond acceptors (Lipinski definition) is 6. The van der Waals surface area contributed by atoms with Crippen molar-refractivity contribution in [3.8, 4) is 0 Å². The lowest BCUT2D eigenvalue weighted by atomic mass is 9.92. The molecule has 0 aliphatic carbocycles. The number of carbonyl (C=O) groups is 1. The molecule has 4 heterocycles. The van der Waals surface area contributed by atoms with Crippen LogP contribution in [0.1, 0.15) is 44.2 Å². The molecule has 2 saturated heterocycles. The monoisotopic (exact) mass is 374 g/mol. The molecule has 2 aliphatic rings. The Bertz CT molecular complexity index is 722. The summed E-state index contributed by atoms with van der Waals surface area (Å²) in [6.07, 6.45) is 9.48. The third-order valence-corrected chi connectivity index (χ3v) is 6.20. The van der Waals surface area contributed by atoms with Crippen molar-refractivity contribution in [2.24, 2.45) is 0 Å². The second-order valence-electron chi connectivity index (χ2n) is 7.06. The molecule has 4 rings (SSSR count). The summed E-state index contributed by atoms with van der Waals surface area (Å²) in [5.41, 5.74) is 1.10. The van der Waals surface area contributed by atoms with Gasteiger partial charge in [-0.15, -0.1) is 11.3 Å². The van der Waals surface area contributed by atoms with Crippen LogP contribution in [0.3, 0.4) is 0 Å².